The zero-order valence-corrected chi connectivity index (χ0v) is 15.4. The first-order valence-corrected chi connectivity index (χ1v) is 8.10. The van der Waals surface area contributed by atoms with E-state index in [1.165, 1.54) is 5.56 Å². The molecule has 0 fully saturated rings. The van der Waals surface area contributed by atoms with E-state index in [1.54, 1.807) is 27.4 Å². The minimum Gasteiger partial charge on any atom is -0.496 e. The third-order valence-electron chi connectivity index (χ3n) is 4.19. The van der Waals surface area contributed by atoms with Crippen LogP contribution in [0.5, 0.6) is 17.2 Å². The number of carbonyl (C=O) groups is 1. The summed E-state index contributed by atoms with van der Waals surface area (Å²) in [4.78, 5) is 12.3. The zero-order chi connectivity index (χ0) is 18.4. The van der Waals surface area contributed by atoms with Gasteiger partial charge in [-0.3, -0.25) is 4.79 Å². The van der Waals surface area contributed by atoms with Gasteiger partial charge in [0.25, 0.3) is 0 Å². The SMILES string of the molecule is COc1cc(C)c(C)cc1CNC(=O)Cc1ccc(OC)c(OC)c1. The largest absolute Gasteiger partial charge is 0.496 e. The van der Waals surface area contributed by atoms with E-state index in [4.69, 9.17) is 14.2 Å². The smallest absolute Gasteiger partial charge is 0.224 e. The van der Waals surface area contributed by atoms with Crippen molar-refractivity contribution in [3.8, 4) is 17.2 Å². The van der Waals surface area contributed by atoms with Crippen molar-refractivity contribution in [1.29, 1.82) is 0 Å². The van der Waals surface area contributed by atoms with Gasteiger partial charge in [0.15, 0.2) is 11.5 Å². The van der Waals surface area contributed by atoms with Gasteiger partial charge in [0, 0.05) is 12.1 Å². The van der Waals surface area contributed by atoms with E-state index >= 15 is 0 Å². The van der Waals surface area contributed by atoms with Gasteiger partial charge in [-0.2, -0.15) is 0 Å². The molecule has 0 unspecified atom stereocenters. The van der Waals surface area contributed by atoms with Crippen LogP contribution in [0.4, 0.5) is 0 Å². The van der Waals surface area contributed by atoms with Crippen molar-refractivity contribution in [2.75, 3.05) is 21.3 Å². The highest BCUT2D eigenvalue weighted by Crippen LogP contribution is 2.27. The van der Waals surface area contributed by atoms with Crippen LogP contribution in [0.15, 0.2) is 30.3 Å². The number of ether oxygens (including phenoxy) is 3. The van der Waals surface area contributed by atoms with E-state index < -0.39 is 0 Å². The highest BCUT2D eigenvalue weighted by Gasteiger charge is 2.10. The topological polar surface area (TPSA) is 56.8 Å². The molecule has 0 aromatic heterocycles. The molecule has 0 heterocycles. The number of carbonyl (C=O) groups excluding carboxylic acids is 1. The summed E-state index contributed by atoms with van der Waals surface area (Å²) in [6.07, 6.45) is 0.271. The molecule has 5 nitrogen and oxygen atoms in total. The van der Waals surface area contributed by atoms with Crippen LogP contribution >= 0.6 is 0 Å². The quantitative estimate of drug-likeness (QED) is 0.839. The zero-order valence-electron chi connectivity index (χ0n) is 15.4. The fourth-order valence-corrected chi connectivity index (χ4v) is 2.61. The van der Waals surface area contributed by atoms with Crippen LogP contribution in [0, 0.1) is 13.8 Å². The average molecular weight is 343 g/mol. The molecule has 1 amide bonds. The summed E-state index contributed by atoms with van der Waals surface area (Å²) in [7, 11) is 4.80. The number of rotatable bonds is 7. The number of methoxy groups -OCH3 is 3. The molecule has 0 aliphatic rings. The Balaban J connectivity index is 2.03. The maximum Gasteiger partial charge on any atom is 0.224 e. The van der Waals surface area contributed by atoms with Crippen molar-refractivity contribution in [3.63, 3.8) is 0 Å². The summed E-state index contributed by atoms with van der Waals surface area (Å²) in [5.41, 5.74) is 4.16. The highest BCUT2D eigenvalue weighted by atomic mass is 16.5. The molecule has 2 rings (SSSR count). The lowest BCUT2D eigenvalue weighted by atomic mass is 10.0. The summed E-state index contributed by atoms with van der Waals surface area (Å²) in [6, 6.07) is 9.51. The fourth-order valence-electron chi connectivity index (χ4n) is 2.61. The van der Waals surface area contributed by atoms with Crippen molar-refractivity contribution in [2.24, 2.45) is 0 Å². The molecule has 0 aliphatic heterocycles. The first-order valence-electron chi connectivity index (χ1n) is 8.10. The summed E-state index contributed by atoms with van der Waals surface area (Å²) < 4.78 is 15.9. The Morgan fingerprint density at radius 3 is 2.16 bits per heavy atom. The van der Waals surface area contributed by atoms with Crippen LogP contribution in [0.3, 0.4) is 0 Å². The fraction of sp³-hybridized carbons (Fsp3) is 0.350. The van der Waals surface area contributed by atoms with E-state index in [9.17, 15) is 4.79 Å². The molecule has 0 bridgehead atoms. The minimum absolute atomic E-state index is 0.0625. The van der Waals surface area contributed by atoms with E-state index in [0.717, 1.165) is 22.4 Å². The predicted octanol–water partition coefficient (Wildman–Crippen LogP) is 3.19. The first kappa shape index (κ1) is 18.6. The standard InChI is InChI=1S/C20H25NO4/c1-13-8-16(18(24-4)9-14(13)2)12-21-20(22)11-15-6-7-17(23-3)19(10-15)25-5/h6-10H,11-12H2,1-5H3,(H,21,22). The van der Waals surface area contributed by atoms with Gasteiger partial charge in [-0.05, 0) is 48.7 Å². The molecule has 2 aromatic carbocycles. The molecule has 1 N–H and O–H groups in total. The Bertz CT molecular complexity index is 756. The van der Waals surface area contributed by atoms with Crippen LogP contribution in [-0.2, 0) is 17.8 Å². The molecule has 0 saturated heterocycles. The van der Waals surface area contributed by atoms with Gasteiger partial charge in [0.05, 0.1) is 27.8 Å². The van der Waals surface area contributed by atoms with E-state index in [-0.39, 0.29) is 12.3 Å². The van der Waals surface area contributed by atoms with E-state index in [1.807, 2.05) is 38.1 Å². The lowest BCUT2D eigenvalue weighted by Crippen LogP contribution is -2.24. The molecule has 25 heavy (non-hydrogen) atoms. The van der Waals surface area contributed by atoms with Crippen LogP contribution in [0.2, 0.25) is 0 Å². The van der Waals surface area contributed by atoms with Crippen molar-refractivity contribution >= 4 is 5.91 Å². The second-order valence-corrected chi connectivity index (χ2v) is 5.89. The van der Waals surface area contributed by atoms with E-state index in [0.29, 0.717) is 18.0 Å². The number of aryl methyl sites for hydroxylation is 2. The van der Waals surface area contributed by atoms with Gasteiger partial charge in [-0.25, -0.2) is 0 Å². The highest BCUT2D eigenvalue weighted by molar-refractivity contribution is 5.78. The third kappa shape index (κ3) is 4.66. The van der Waals surface area contributed by atoms with Crippen molar-refractivity contribution in [3.05, 3.63) is 52.6 Å². The van der Waals surface area contributed by atoms with Crippen molar-refractivity contribution in [1.82, 2.24) is 5.32 Å². The maximum absolute atomic E-state index is 12.3. The first-order chi connectivity index (χ1) is 12.0. The van der Waals surface area contributed by atoms with Gasteiger partial charge in [-0.1, -0.05) is 12.1 Å². The molecule has 5 heteroatoms. The predicted molar refractivity (Wildman–Crippen MR) is 97.6 cm³/mol. The Morgan fingerprint density at radius 1 is 0.880 bits per heavy atom. The number of amides is 1. The van der Waals surface area contributed by atoms with Gasteiger partial charge in [-0.15, -0.1) is 0 Å². The summed E-state index contributed by atoms with van der Waals surface area (Å²) >= 11 is 0. The van der Waals surface area contributed by atoms with E-state index in [2.05, 4.69) is 5.32 Å². The number of hydrogen-bond acceptors (Lipinski definition) is 4. The summed E-state index contributed by atoms with van der Waals surface area (Å²) in [5, 5.41) is 2.94. The summed E-state index contributed by atoms with van der Waals surface area (Å²) in [5.74, 6) is 1.98. The lowest BCUT2D eigenvalue weighted by Gasteiger charge is -2.13. The van der Waals surface area contributed by atoms with Gasteiger partial charge < -0.3 is 19.5 Å². The molecule has 0 aliphatic carbocycles. The Morgan fingerprint density at radius 2 is 1.52 bits per heavy atom. The monoisotopic (exact) mass is 343 g/mol. The number of nitrogens with one attached hydrogen (secondary N) is 1. The Kier molecular flexibility index (Phi) is 6.28. The maximum atomic E-state index is 12.3. The molecule has 0 spiro atoms. The van der Waals surface area contributed by atoms with Gasteiger partial charge in [0.2, 0.25) is 5.91 Å². The van der Waals surface area contributed by atoms with Gasteiger partial charge >= 0.3 is 0 Å². The second kappa shape index (κ2) is 8.42. The van der Waals surface area contributed by atoms with Crippen molar-refractivity contribution < 1.29 is 19.0 Å². The Labute approximate surface area is 148 Å². The second-order valence-electron chi connectivity index (χ2n) is 5.89. The van der Waals surface area contributed by atoms with Crippen LogP contribution in [-0.4, -0.2) is 27.2 Å². The number of benzene rings is 2. The van der Waals surface area contributed by atoms with Crippen LogP contribution in [0.1, 0.15) is 22.3 Å². The molecule has 0 atom stereocenters. The molecule has 0 radical (unpaired) electrons. The lowest BCUT2D eigenvalue weighted by molar-refractivity contribution is -0.120. The molecule has 2 aromatic rings. The summed E-state index contributed by atoms with van der Waals surface area (Å²) in [6.45, 7) is 4.51. The molecular weight excluding hydrogens is 318 g/mol. The van der Waals surface area contributed by atoms with Crippen molar-refractivity contribution in [2.45, 2.75) is 26.8 Å². The molecule has 134 valence electrons. The van der Waals surface area contributed by atoms with Crippen LogP contribution in [0.25, 0.3) is 0 Å². The normalized spacial score (nSPS) is 10.3. The Hall–Kier alpha value is -2.69. The van der Waals surface area contributed by atoms with Crippen LogP contribution < -0.4 is 19.5 Å². The third-order valence-corrected chi connectivity index (χ3v) is 4.19. The van der Waals surface area contributed by atoms with Gasteiger partial charge in [0.1, 0.15) is 5.75 Å². The average Bonchev–Trinajstić information content (AvgIpc) is 2.62. The molecule has 0 saturated carbocycles. The molecular formula is C20H25NO4. The number of hydrogen-bond donors (Lipinski definition) is 1. The minimum atomic E-state index is -0.0625.